The van der Waals surface area contributed by atoms with Crippen LogP contribution in [0.4, 0.5) is 5.69 Å². The second-order valence-corrected chi connectivity index (χ2v) is 6.62. The Morgan fingerprint density at radius 3 is 2.00 bits per heavy atom. The van der Waals surface area contributed by atoms with Gasteiger partial charge in [-0.1, -0.05) is 44.0 Å². The zero-order valence-electron chi connectivity index (χ0n) is 10.9. The summed E-state index contributed by atoms with van der Waals surface area (Å²) >= 11 is 12.2. The molecule has 0 saturated carbocycles. The highest BCUT2D eigenvalue weighted by atomic mass is 79.9. The Morgan fingerprint density at radius 2 is 1.45 bits per heavy atom. The van der Waals surface area contributed by atoms with Gasteiger partial charge in [-0.05, 0) is 61.1 Å². The van der Waals surface area contributed by atoms with E-state index >= 15 is 0 Å². The first-order valence-electron chi connectivity index (χ1n) is 6.13. The predicted octanol–water partition coefficient (Wildman–Crippen LogP) is 5.26. The van der Waals surface area contributed by atoms with Gasteiger partial charge in [-0.15, -0.1) is 0 Å². The van der Waals surface area contributed by atoms with Gasteiger partial charge in [0.25, 0.3) is 0 Å². The Kier molecular flexibility index (Phi) is 5.57. The molecule has 2 N–H and O–H groups in total. The first kappa shape index (κ1) is 15.5. The third-order valence-electron chi connectivity index (χ3n) is 2.82. The first-order valence-corrected chi connectivity index (χ1v) is 8.12. The topological polar surface area (TPSA) is 24.1 Å². The van der Waals surface area contributed by atoms with Crippen molar-refractivity contribution >= 4 is 54.9 Å². The van der Waals surface area contributed by atoms with Crippen molar-refractivity contribution in [2.24, 2.45) is 0 Å². The molecule has 0 fully saturated rings. The molecule has 0 bridgehead atoms. The molecule has 0 aliphatic heterocycles. The van der Waals surface area contributed by atoms with E-state index in [0.717, 1.165) is 14.6 Å². The highest BCUT2D eigenvalue weighted by Gasteiger charge is 2.07. The van der Waals surface area contributed by atoms with Gasteiger partial charge in [0.2, 0.25) is 0 Å². The van der Waals surface area contributed by atoms with Crippen LogP contribution in [0, 0.1) is 0 Å². The lowest BCUT2D eigenvalue weighted by atomic mass is 10.1. The number of hydrogen-bond acceptors (Lipinski definition) is 1. The monoisotopic (exact) mass is 412 g/mol. The number of hydrogen-bond donors (Lipinski definition) is 2. The van der Waals surface area contributed by atoms with Crippen molar-refractivity contribution in [1.29, 1.82) is 0 Å². The first-order chi connectivity index (χ1) is 9.54. The summed E-state index contributed by atoms with van der Waals surface area (Å²) in [5.41, 5.74) is 2.15. The van der Waals surface area contributed by atoms with Gasteiger partial charge in [-0.2, -0.15) is 0 Å². The number of thiocarbonyl (C=S) groups is 1. The molecule has 0 radical (unpaired) electrons. The summed E-state index contributed by atoms with van der Waals surface area (Å²) in [5.74, 6) is 0. The largest absolute Gasteiger partial charge is 0.356 e. The molecule has 2 rings (SSSR count). The molecule has 0 saturated heterocycles. The van der Waals surface area contributed by atoms with E-state index in [1.54, 1.807) is 0 Å². The zero-order valence-corrected chi connectivity index (χ0v) is 14.8. The van der Waals surface area contributed by atoms with Crippen LogP contribution in [0.1, 0.15) is 18.5 Å². The minimum Gasteiger partial charge on any atom is -0.356 e. The van der Waals surface area contributed by atoms with E-state index in [-0.39, 0.29) is 6.04 Å². The zero-order chi connectivity index (χ0) is 14.5. The van der Waals surface area contributed by atoms with E-state index in [2.05, 4.69) is 61.5 Å². The molecule has 0 spiro atoms. The molecular weight excluding hydrogens is 400 g/mol. The molecule has 20 heavy (non-hydrogen) atoms. The van der Waals surface area contributed by atoms with Crippen LogP contribution in [0.15, 0.2) is 57.5 Å². The predicted molar refractivity (Wildman–Crippen MR) is 96.1 cm³/mol. The number of benzene rings is 2. The Hall–Kier alpha value is -0.910. The summed E-state index contributed by atoms with van der Waals surface area (Å²) in [6.45, 7) is 2.08. The smallest absolute Gasteiger partial charge is 0.171 e. The van der Waals surface area contributed by atoms with Gasteiger partial charge in [0.05, 0.1) is 6.04 Å². The van der Waals surface area contributed by atoms with Crippen molar-refractivity contribution in [3.8, 4) is 0 Å². The van der Waals surface area contributed by atoms with Crippen molar-refractivity contribution in [2.45, 2.75) is 13.0 Å². The molecule has 0 aromatic heterocycles. The number of halogens is 2. The Morgan fingerprint density at radius 1 is 0.950 bits per heavy atom. The van der Waals surface area contributed by atoms with E-state index in [1.807, 2.05) is 36.4 Å². The van der Waals surface area contributed by atoms with Crippen molar-refractivity contribution in [2.75, 3.05) is 5.32 Å². The molecule has 0 heterocycles. The fourth-order valence-electron chi connectivity index (χ4n) is 1.73. The molecule has 0 aliphatic rings. The molecule has 2 aromatic carbocycles. The van der Waals surface area contributed by atoms with E-state index in [9.17, 15) is 0 Å². The van der Waals surface area contributed by atoms with Crippen molar-refractivity contribution in [1.82, 2.24) is 5.32 Å². The molecule has 5 heteroatoms. The molecular formula is C15H14Br2N2S. The minimum atomic E-state index is 0.151. The second-order valence-electron chi connectivity index (χ2n) is 4.38. The second kappa shape index (κ2) is 7.20. The van der Waals surface area contributed by atoms with Crippen LogP contribution in [0.3, 0.4) is 0 Å². The third-order valence-corrected chi connectivity index (χ3v) is 4.10. The van der Waals surface area contributed by atoms with Gasteiger partial charge in [-0.25, -0.2) is 0 Å². The SMILES string of the molecule is CC(NC(=S)Nc1ccc(Br)cc1)c1ccc(Br)cc1. The average molecular weight is 414 g/mol. The lowest BCUT2D eigenvalue weighted by Crippen LogP contribution is -2.30. The highest BCUT2D eigenvalue weighted by molar-refractivity contribution is 9.10. The number of anilines is 1. The summed E-state index contributed by atoms with van der Waals surface area (Å²) in [6.07, 6.45) is 0. The maximum Gasteiger partial charge on any atom is 0.171 e. The fourth-order valence-corrected chi connectivity index (χ4v) is 2.56. The van der Waals surface area contributed by atoms with Gasteiger partial charge in [0, 0.05) is 14.6 Å². The maximum atomic E-state index is 5.33. The summed E-state index contributed by atoms with van der Waals surface area (Å²) in [4.78, 5) is 0. The standard InChI is InChI=1S/C15H14Br2N2S/c1-10(11-2-4-12(16)5-3-11)18-15(20)19-14-8-6-13(17)7-9-14/h2-10H,1H3,(H2,18,19,20). The van der Waals surface area contributed by atoms with Crippen LogP contribution >= 0.6 is 44.1 Å². The van der Waals surface area contributed by atoms with E-state index < -0.39 is 0 Å². The van der Waals surface area contributed by atoms with Crippen LogP contribution in [-0.4, -0.2) is 5.11 Å². The van der Waals surface area contributed by atoms with E-state index in [1.165, 1.54) is 5.56 Å². The van der Waals surface area contributed by atoms with Crippen LogP contribution in [-0.2, 0) is 0 Å². The Labute approximate surface area is 141 Å². The van der Waals surface area contributed by atoms with Crippen LogP contribution in [0.2, 0.25) is 0 Å². The molecule has 104 valence electrons. The van der Waals surface area contributed by atoms with Gasteiger partial charge in [0.15, 0.2) is 5.11 Å². The van der Waals surface area contributed by atoms with Crippen LogP contribution < -0.4 is 10.6 Å². The summed E-state index contributed by atoms with van der Waals surface area (Å²) < 4.78 is 2.12. The Bertz CT molecular complexity index is 582. The summed E-state index contributed by atoms with van der Waals surface area (Å²) in [5, 5.41) is 7.06. The van der Waals surface area contributed by atoms with Crippen LogP contribution in [0.5, 0.6) is 0 Å². The van der Waals surface area contributed by atoms with Crippen molar-refractivity contribution < 1.29 is 0 Å². The molecule has 1 atom stereocenters. The molecule has 2 aromatic rings. The van der Waals surface area contributed by atoms with Crippen molar-refractivity contribution in [3.05, 3.63) is 63.0 Å². The van der Waals surface area contributed by atoms with Crippen LogP contribution in [0.25, 0.3) is 0 Å². The maximum absolute atomic E-state index is 5.33. The lowest BCUT2D eigenvalue weighted by molar-refractivity contribution is 0.722. The minimum absolute atomic E-state index is 0.151. The van der Waals surface area contributed by atoms with E-state index in [4.69, 9.17) is 12.2 Å². The lowest BCUT2D eigenvalue weighted by Gasteiger charge is -2.17. The normalized spacial score (nSPS) is 11.8. The molecule has 2 nitrogen and oxygen atoms in total. The molecule has 1 unspecified atom stereocenters. The number of rotatable bonds is 3. The van der Waals surface area contributed by atoms with E-state index in [0.29, 0.717) is 5.11 Å². The summed E-state index contributed by atoms with van der Waals surface area (Å²) in [7, 11) is 0. The Balaban J connectivity index is 1.93. The van der Waals surface area contributed by atoms with Crippen molar-refractivity contribution in [3.63, 3.8) is 0 Å². The van der Waals surface area contributed by atoms with Gasteiger partial charge in [0.1, 0.15) is 0 Å². The van der Waals surface area contributed by atoms with Gasteiger partial charge >= 0.3 is 0 Å². The highest BCUT2D eigenvalue weighted by Crippen LogP contribution is 2.17. The third kappa shape index (κ3) is 4.58. The number of nitrogens with one attached hydrogen (secondary N) is 2. The summed E-state index contributed by atoms with van der Waals surface area (Å²) in [6, 6.07) is 16.3. The molecule has 0 amide bonds. The fraction of sp³-hybridized carbons (Fsp3) is 0.133. The molecule has 0 aliphatic carbocycles. The quantitative estimate of drug-likeness (QED) is 0.671. The average Bonchev–Trinajstić information content (AvgIpc) is 2.42. The van der Waals surface area contributed by atoms with Gasteiger partial charge in [-0.3, -0.25) is 0 Å². The van der Waals surface area contributed by atoms with Gasteiger partial charge < -0.3 is 10.6 Å².